The second-order valence-electron chi connectivity index (χ2n) is 7.45. The molecule has 2 aromatic carbocycles. The van der Waals surface area contributed by atoms with Crippen molar-refractivity contribution in [2.45, 2.75) is 18.9 Å². The van der Waals surface area contributed by atoms with Gasteiger partial charge in [-0.05, 0) is 39.7 Å². The topological polar surface area (TPSA) is 94.2 Å². The van der Waals surface area contributed by atoms with Gasteiger partial charge in [-0.1, -0.05) is 30.3 Å². The van der Waals surface area contributed by atoms with Gasteiger partial charge in [0, 0.05) is 32.2 Å². The Kier molecular flexibility index (Phi) is 9.26. The van der Waals surface area contributed by atoms with Crippen LogP contribution in [0, 0.1) is 0 Å². The average Bonchev–Trinajstić information content (AvgIpc) is 2.82. The van der Waals surface area contributed by atoms with Crippen LogP contribution < -0.4 is 10.1 Å². The first-order chi connectivity index (χ1) is 16.0. The molecule has 0 radical (unpaired) electrons. The number of benzene rings is 2. The lowest BCUT2D eigenvalue weighted by Gasteiger charge is -2.34. The summed E-state index contributed by atoms with van der Waals surface area (Å²) in [7, 11) is 1.59. The summed E-state index contributed by atoms with van der Waals surface area (Å²) in [6, 6.07) is 13.7. The maximum Gasteiger partial charge on any atom is 0.308 e. The SMILES string of the molecule is COCCOc1ccc(C(=O)N2CCNC(=O)C2CC(=O)OCCc2ccccc2)cc1Br. The number of piperazine rings is 1. The first-order valence-corrected chi connectivity index (χ1v) is 11.5. The quantitative estimate of drug-likeness (QED) is 0.383. The minimum absolute atomic E-state index is 0.203. The summed E-state index contributed by atoms with van der Waals surface area (Å²) < 4.78 is 16.5. The minimum Gasteiger partial charge on any atom is -0.490 e. The highest BCUT2D eigenvalue weighted by atomic mass is 79.9. The Morgan fingerprint density at radius 3 is 2.64 bits per heavy atom. The first kappa shape index (κ1) is 24.7. The van der Waals surface area contributed by atoms with Crippen LogP contribution in [0.15, 0.2) is 53.0 Å². The van der Waals surface area contributed by atoms with Gasteiger partial charge in [-0.15, -0.1) is 0 Å². The molecule has 0 bridgehead atoms. The molecule has 2 aromatic rings. The van der Waals surface area contributed by atoms with E-state index in [1.54, 1.807) is 25.3 Å². The molecule has 3 rings (SSSR count). The zero-order valence-corrected chi connectivity index (χ0v) is 20.0. The number of nitrogens with zero attached hydrogens (tertiary/aromatic N) is 1. The van der Waals surface area contributed by atoms with Crippen molar-refractivity contribution in [2.75, 3.05) is 40.0 Å². The Morgan fingerprint density at radius 1 is 1.12 bits per heavy atom. The van der Waals surface area contributed by atoms with E-state index < -0.39 is 12.0 Å². The summed E-state index contributed by atoms with van der Waals surface area (Å²) >= 11 is 3.42. The van der Waals surface area contributed by atoms with Crippen LogP contribution in [0.5, 0.6) is 5.75 Å². The molecule has 9 heteroatoms. The number of amides is 2. The third-order valence-electron chi connectivity index (χ3n) is 5.17. The van der Waals surface area contributed by atoms with Crippen LogP contribution >= 0.6 is 15.9 Å². The molecule has 0 spiro atoms. The largest absolute Gasteiger partial charge is 0.490 e. The molecule has 1 aliphatic rings. The standard InChI is InChI=1S/C24H27BrN2O6/c1-31-13-14-32-21-8-7-18(15-19(21)25)24(30)27-11-10-26-23(29)20(27)16-22(28)33-12-9-17-5-3-2-4-6-17/h2-8,15,20H,9-14,16H2,1H3,(H,26,29). The molecule has 1 atom stereocenters. The molecule has 1 unspecified atom stereocenters. The van der Waals surface area contributed by atoms with E-state index in [4.69, 9.17) is 14.2 Å². The predicted molar refractivity (Wildman–Crippen MR) is 125 cm³/mol. The second kappa shape index (κ2) is 12.4. The number of halogens is 1. The van der Waals surface area contributed by atoms with Gasteiger partial charge in [0.25, 0.3) is 5.91 Å². The normalized spacial score (nSPS) is 15.6. The van der Waals surface area contributed by atoms with E-state index in [-0.39, 0.29) is 24.8 Å². The van der Waals surface area contributed by atoms with Crippen LogP contribution in [0.1, 0.15) is 22.3 Å². The summed E-state index contributed by atoms with van der Waals surface area (Å²) in [6.45, 7) is 1.66. The molecule has 8 nitrogen and oxygen atoms in total. The van der Waals surface area contributed by atoms with E-state index in [1.807, 2.05) is 30.3 Å². The number of rotatable bonds is 10. The minimum atomic E-state index is -0.924. The van der Waals surface area contributed by atoms with Crippen LogP contribution in [-0.2, 0) is 25.5 Å². The molecular weight excluding hydrogens is 492 g/mol. The molecule has 0 saturated carbocycles. The number of hydrogen-bond acceptors (Lipinski definition) is 6. The molecule has 33 heavy (non-hydrogen) atoms. The molecule has 1 fully saturated rings. The predicted octanol–water partition coefficient (Wildman–Crippen LogP) is 2.59. The van der Waals surface area contributed by atoms with Crippen molar-refractivity contribution >= 4 is 33.7 Å². The van der Waals surface area contributed by atoms with Crippen molar-refractivity contribution in [1.82, 2.24) is 10.2 Å². The Hall–Kier alpha value is -2.91. The first-order valence-electron chi connectivity index (χ1n) is 10.7. The van der Waals surface area contributed by atoms with E-state index in [0.29, 0.717) is 48.5 Å². The number of esters is 1. The van der Waals surface area contributed by atoms with Crippen molar-refractivity contribution in [3.63, 3.8) is 0 Å². The Labute approximate surface area is 201 Å². The second-order valence-corrected chi connectivity index (χ2v) is 8.31. The fourth-order valence-corrected chi connectivity index (χ4v) is 3.95. The number of carbonyl (C=O) groups excluding carboxylic acids is 3. The van der Waals surface area contributed by atoms with Crippen molar-refractivity contribution in [3.8, 4) is 5.75 Å². The molecule has 1 heterocycles. The maximum absolute atomic E-state index is 13.2. The van der Waals surface area contributed by atoms with Gasteiger partial charge in [-0.2, -0.15) is 0 Å². The van der Waals surface area contributed by atoms with Crippen molar-refractivity contribution in [2.24, 2.45) is 0 Å². The Bertz CT molecular complexity index is 969. The summed E-state index contributed by atoms with van der Waals surface area (Å²) in [4.78, 5) is 39.5. The Morgan fingerprint density at radius 2 is 1.91 bits per heavy atom. The number of methoxy groups -OCH3 is 1. The molecule has 2 amide bonds. The van der Waals surface area contributed by atoms with E-state index in [2.05, 4.69) is 21.2 Å². The average molecular weight is 519 g/mol. The maximum atomic E-state index is 13.2. The monoisotopic (exact) mass is 518 g/mol. The zero-order chi connectivity index (χ0) is 23.6. The zero-order valence-electron chi connectivity index (χ0n) is 18.4. The van der Waals surface area contributed by atoms with Crippen molar-refractivity contribution < 1.29 is 28.6 Å². The molecule has 0 aliphatic carbocycles. The summed E-state index contributed by atoms with van der Waals surface area (Å²) in [5, 5.41) is 2.72. The van der Waals surface area contributed by atoms with Gasteiger partial charge in [0.05, 0.1) is 24.1 Å². The number of ether oxygens (including phenoxy) is 3. The molecule has 1 aliphatic heterocycles. The molecule has 176 valence electrons. The lowest BCUT2D eigenvalue weighted by molar-refractivity contribution is -0.147. The number of carbonyl (C=O) groups is 3. The number of nitrogens with one attached hydrogen (secondary N) is 1. The lowest BCUT2D eigenvalue weighted by atomic mass is 10.1. The highest BCUT2D eigenvalue weighted by Crippen LogP contribution is 2.27. The smallest absolute Gasteiger partial charge is 0.308 e. The van der Waals surface area contributed by atoms with E-state index in [1.165, 1.54) is 4.90 Å². The van der Waals surface area contributed by atoms with Crippen LogP contribution in [0.2, 0.25) is 0 Å². The van der Waals surface area contributed by atoms with Crippen LogP contribution in [0.3, 0.4) is 0 Å². The van der Waals surface area contributed by atoms with Gasteiger partial charge in [-0.25, -0.2) is 0 Å². The van der Waals surface area contributed by atoms with Crippen LogP contribution in [-0.4, -0.2) is 68.7 Å². The van der Waals surface area contributed by atoms with Gasteiger partial charge >= 0.3 is 5.97 Å². The van der Waals surface area contributed by atoms with E-state index >= 15 is 0 Å². The van der Waals surface area contributed by atoms with Crippen molar-refractivity contribution in [3.05, 3.63) is 64.1 Å². The van der Waals surface area contributed by atoms with E-state index in [0.717, 1.165) is 5.56 Å². The molecular formula is C24H27BrN2O6. The fraction of sp³-hybridized carbons (Fsp3) is 0.375. The van der Waals surface area contributed by atoms with Crippen molar-refractivity contribution in [1.29, 1.82) is 0 Å². The van der Waals surface area contributed by atoms with Crippen LogP contribution in [0.25, 0.3) is 0 Å². The lowest BCUT2D eigenvalue weighted by Crippen LogP contribution is -2.57. The summed E-state index contributed by atoms with van der Waals surface area (Å²) in [5.41, 5.74) is 1.44. The highest BCUT2D eigenvalue weighted by Gasteiger charge is 2.35. The molecule has 0 aromatic heterocycles. The Balaban J connectivity index is 1.61. The van der Waals surface area contributed by atoms with E-state index in [9.17, 15) is 14.4 Å². The summed E-state index contributed by atoms with van der Waals surface area (Å²) in [5.74, 6) is -0.642. The highest BCUT2D eigenvalue weighted by molar-refractivity contribution is 9.10. The summed E-state index contributed by atoms with van der Waals surface area (Å²) in [6.07, 6.45) is 0.380. The number of hydrogen-bond donors (Lipinski definition) is 1. The third kappa shape index (κ3) is 7.03. The third-order valence-corrected chi connectivity index (χ3v) is 5.79. The molecule has 1 saturated heterocycles. The molecule has 1 N–H and O–H groups in total. The van der Waals surface area contributed by atoms with Gasteiger partial charge < -0.3 is 24.4 Å². The van der Waals surface area contributed by atoms with Gasteiger partial charge in [-0.3, -0.25) is 14.4 Å². The van der Waals surface area contributed by atoms with Gasteiger partial charge in [0.2, 0.25) is 5.91 Å². The van der Waals surface area contributed by atoms with Gasteiger partial charge in [0.15, 0.2) is 0 Å². The fourth-order valence-electron chi connectivity index (χ4n) is 3.46. The van der Waals surface area contributed by atoms with Gasteiger partial charge in [0.1, 0.15) is 18.4 Å². The van der Waals surface area contributed by atoms with Crippen LogP contribution in [0.4, 0.5) is 0 Å².